The minimum atomic E-state index is -1.27. The first-order chi connectivity index (χ1) is 23.6. The summed E-state index contributed by atoms with van der Waals surface area (Å²) in [6, 6.07) is 3.15. The summed E-state index contributed by atoms with van der Waals surface area (Å²) in [6.07, 6.45) is -1.94. The number of benzene rings is 1. The van der Waals surface area contributed by atoms with E-state index in [1.54, 1.807) is 0 Å². The zero-order valence-corrected chi connectivity index (χ0v) is 29.9. The van der Waals surface area contributed by atoms with Gasteiger partial charge in [0.2, 0.25) is 13.3 Å². The molecule has 1 aromatic carbocycles. The highest BCUT2D eigenvalue weighted by atomic mass is 31.2. The average molecular weight is 720 g/mol. The third kappa shape index (κ3) is 17.0. The van der Waals surface area contributed by atoms with Crippen molar-refractivity contribution in [3.63, 3.8) is 0 Å². The SMILES string of the molecule is [C-]#[N+]CCOP(OCCOCCOCCOCCOCCOCCOC(=O)OC(C)c1cc2c(cc1[N+](=O)[O-])OCO2)N(C(C)C)C(C)C. The summed E-state index contributed by atoms with van der Waals surface area (Å²) in [7, 11) is -1.27. The fourth-order valence-corrected chi connectivity index (χ4v) is 5.89. The van der Waals surface area contributed by atoms with Crippen LogP contribution in [0, 0.1) is 16.7 Å². The van der Waals surface area contributed by atoms with Crippen LogP contribution in [0.4, 0.5) is 10.5 Å². The fourth-order valence-electron chi connectivity index (χ4n) is 4.32. The van der Waals surface area contributed by atoms with E-state index in [1.807, 2.05) is 0 Å². The number of hydrogen-bond donors (Lipinski definition) is 0. The van der Waals surface area contributed by atoms with Gasteiger partial charge in [-0.1, -0.05) is 0 Å². The molecule has 0 N–H and O–H groups in total. The Morgan fingerprint density at radius 2 is 1.29 bits per heavy atom. The van der Waals surface area contributed by atoms with Gasteiger partial charge in [0.15, 0.2) is 11.5 Å². The summed E-state index contributed by atoms with van der Waals surface area (Å²) in [4.78, 5) is 26.2. The lowest BCUT2D eigenvalue weighted by atomic mass is 10.1. The van der Waals surface area contributed by atoms with Crippen LogP contribution >= 0.6 is 8.53 Å². The summed E-state index contributed by atoms with van der Waals surface area (Å²) >= 11 is 0. The highest BCUT2D eigenvalue weighted by Gasteiger charge is 2.29. The van der Waals surface area contributed by atoms with Gasteiger partial charge in [0.05, 0.1) is 89.2 Å². The second-order valence-corrected chi connectivity index (χ2v) is 12.2. The van der Waals surface area contributed by atoms with Crippen LogP contribution in [0.5, 0.6) is 11.5 Å². The van der Waals surface area contributed by atoms with Crippen LogP contribution in [0.3, 0.4) is 0 Å². The van der Waals surface area contributed by atoms with Crippen molar-refractivity contribution in [2.24, 2.45) is 0 Å². The van der Waals surface area contributed by atoms with E-state index in [9.17, 15) is 14.9 Å². The summed E-state index contributed by atoms with van der Waals surface area (Å²) in [5.41, 5.74) is -0.0934. The molecule has 0 saturated heterocycles. The Hall–Kier alpha value is -2.91. The predicted molar refractivity (Wildman–Crippen MR) is 177 cm³/mol. The van der Waals surface area contributed by atoms with E-state index >= 15 is 0 Å². The number of ether oxygens (including phenoxy) is 9. The highest BCUT2D eigenvalue weighted by Crippen LogP contribution is 2.45. The van der Waals surface area contributed by atoms with Gasteiger partial charge in [0, 0.05) is 12.1 Å². The molecule has 2 unspecified atom stereocenters. The maximum atomic E-state index is 12.0. The third-order valence-corrected chi connectivity index (χ3v) is 8.55. The van der Waals surface area contributed by atoms with Crippen molar-refractivity contribution < 1.29 is 61.4 Å². The van der Waals surface area contributed by atoms with Gasteiger partial charge in [0.1, 0.15) is 19.3 Å². The van der Waals surface area contributed by atoms with Crippen LogP contribution in [0.25, 0.3) is 4.85 Å². The van der Waals surface area contributed by atoms with Crippen molar-refractivity contribution >= 4 is 20.4 Å². The number of carbonyl (C=O) groups excluding carboxylic acids is 1. The van der Waals surface area contributed by atoms with Gasteiger partial charge in [-0.2, -0.15) is 0 Å². The molecule has 0 fully saturated rings. The summed E-state index contributed by atoms with van der Waals surface area (Å²) in [5, 5.41) is 11.4. The average Bonchev–Trinajstić information content (AvgIpc) is 3.52. The topological polar surface area (TPSA) is 169 Å². The summed E-state index contributed by atoms with van der Waals surface area (Å²) in [6.45, 7) is 21.4. The number of carbonyl (C=O) groups is 1. The smallest absolute Gasteiger partial charge is 0.454 e. The lowest BCUT2D eigenvalue weighted by Crippen LogP contribution is -2.34. The fraction of sp³-hybridized carbons (Fsp3) is 0.742. The largest absolute Gasteiger partial charge is 0.508 e. The molecule has 17 nitrogen and oxygen atoms in total. The lowest BCUT2D eigenvalue weighted by Gasteiger charge is -2.35. The van der Waals surface area contributed by atoms with Crippen LogP contribution in [-0.2, 0) is 42.2 Å². The van der Waals surface area contributed by atoms with Gasteiger partial charge >= 0.3 is 6.16 Å². The lowest BCUT2D eigenvalue weighted by molar-refractivity contribution is -0.386. The van der Waals surface area contributed by atoms with Crippen molar-refractivity contribution in [3.8, 4) is 11.5 Å². The molecule has 1 aliphatic rings. The molecule has 0 radical (unpaired) electrons. The molecule has 18 heteroatoms. The van der Waals surface area contributed by atoms with Crippen molar-refractivity contribution in [2.45, 2.75) is 52.8 Å². The standard InChI is InChI=1S/C31H50N3O14P/c1-24(2)33(25(3)4)49(46-8-7-32-6)47-20-18-42-16-14-40-12-10-38-9-11-39-13-15-41-17-19-43-31(35)48-26(5)27-21-29-30(45-23-44-29)22-28(27)34(36)37/h21-22,24-26H,7-20,23H2,1-5H3. The molecule has 0 saturated carbocycles. The Balaban J connectivity index is 1.40. The molecule has 0 aliphatic carbocycles. The zero-order valence-electron chi connectivity index (χ0n) is 29.0. The van der Waals surface area contributed by atoms with Crippen LogP contribution in [0.1, 0.15) is 46.3 Å². The molecule has 0 aromatic heterocycles. The predicted octanol–water partition coefficient (Wildman–Crippen LogP) is 4.92. The molecule has 1 aromatic rings. The van der Waals surface area contributed by atoms with Gasteiger partial charge in [-0.3, -0.25) is 10.1 Å². The maximum Gasteiger partial charge on any atom is 0.508 e. The molecule has 0 amide bonds. The molecule has 1 aliphatic heterocycles. The van der Waals surface area contributed by atoms with Crippen LogP contribution in [0.15, 0.2) is 12.1 Å². The second kappa shape index (κ2) is 25.1. The Labute approximate surface area is 289 Å². The Kier molecular flexibility index (Phi) is 21.6. The first-order valence-electron chi connectivity index (χ1n) is 16.1. The quantitative estimate of drug-likeness (QED) is 0.0285. The van der Waals surface area contributed by atoms with E-state index in [1.165, 1.54) is 19.1 Å². The van der Waals surface area contributed by atoms with Crippen molar-refractivity contribution in [3.05, 3.63) is 39.2 Å². The number of nitrogens with zero attached hydrogens (tertiary/aromatic N) is 3. The van der Waals surface area contributed by atoms with Crippen LogP contribution in [0.2, 0.25) is 0 Å². The molecular formula is C31H50N3O14P. The van der Waals surface area contributed by atoms with Crippen molar-refractivity contribution in [1.29, 1.82) is 0 Å². The van der Waals surface area contributed by atoms with E-state index in [0.29, 0.717) is 78.4 Å². The maximum absolute atomic E-state index is 12.0. The molecule has 278 valence electrons. The number of hydrogen-bond acceptors (Lipinski definition) is 15. The van der Waals surface area contributed by atoms with E-state index in [2.05, 4.69) is 37.2 Å². The van der Waals surface area contributed by atoms with Gasteiger partial charge in [-0.05, 0) is 40.7 Å². The third-order valence-electron chi connectivity index (χ3n) is 6.45. The highest BCUT2D eigenvalue weighted by molar-refractivity contribution is 7.44. The minimum Gasteiger partial charge on any atom is -0.454 e. The van der Waals surface area contributed by atoms with Gasteiger partial charge < -0.3 is 56.5 Å². The molecule has 2 atom stereocenters. The monoisotopic (exact) mass is 719 g/mol. The Morgan fingerprint density at radius 3 is 1.78 bits per heavy atom. The number of rotatable bonds is 28. The minimum absolute atomic E-state index is 0.0414. The Morgan fingerprint density at radius 1 is 0.816 bits per heavy atom. The molecular weight excluding hydrogens is 669 g/mol. The van der Waals surface area contributed by atoms with E-state index in [-0.39, 0.29) is 55.7 Å². The summed E-state index contributed by atoms with van der Waals surface area (Å²) in [5.74, 6) is 0.594. The van der Waals surface area contributed by atoms with Crippen molar-refractivity contribution in [1.82, 2.24) is 4.67 Å². The van der Waals surface area contributed by atoms with E-state index in [0.717, 1.165) is 0 Å². The number of fused-ring (bicyclic) bond motifs is 1. The first-order valence-corrected chi connectivity index (χ1v) is 17.3. The second-order valence-electron chi connectivity index (χ2n) is 10.8. The van der Waals surface area contributed by atoms with Gasteiger partial charge in [-0.25, -0.2) is 16.0 Å². The van der Waals surface area contributed by atoms with Gasteiger partial charge in [0.25, 0.3) is 14.2 Å². The Bertz CT molecular complexity index is 1130. The van der Waals surface area contributed by atoms with Crippen LogP contribution in [-0.4, -0.2) is 127 Å². The molecule has 0 bridgehead atoms. The molecule has 49 heavy (non-hydrogen) atoms. The number of nitro groups is 1. The van der Waals surface area contributed by atoms with E-state index < -0.39 is 25.7 Å². The van der Waals surface area contributed by atoms with Gasteiger partial charge in [-0.15, -0.1) is 0 Å². The zero-order chi connectivity index (χ0) is 35.9. The molecule has 0 spiro atoms. The van der Waals surface area contributed by atoms with Crippen molar-refractivity contribution in [2.75, 3.05) is 99.2 Å². The van der Waals surface area contributed by atoms with E-state index in [4.69, 9.17) is 58.3 Å². The first kappa shape index (κ1) is 42.3. The normalized spacial score (nSPS) is 13.5. The molecule has 1 heterocycles. The molecule has 2 rings (SSSR count). The number of nitro benzene ring substituents is 1. The van der Waals surface area contributed by atoms with Crippen LogP contribution < -0.4 is 9.47 Å². The summed E-state index contributed by atoms with van der Waals surface area (Å²) < 4.78 is 62.0.